The molecule has 2 rings (SSSR count). The third-order valence-electron chi connectivity index (χ3n) is 4.93. The van der Waals surface area contributed by atoms with Gasteiger partial charge in [-0.3, -0.25) is 9.59 Å². The van der Waals surface area contributed by atoms with Gasteiger partial charge in [-0.15, -0.1) is 0 Å². The van der Waals surface area contributed by atoms with E-state index in [0.717, 1.165) is 6.42 Å². The second-order valence-corrected chi connectivity index (χ2v) is 8.47. The molecular formula is C23H27Cl3N2O3. The lowest BCUT2D eigenvalue weighted by Gasteiger charge is -2.31. The number of nitrogens with one attached hydrogen (secondary N) is 1. The zero-order valence-electron chi connectivity index (χ0n) is 17.8. The number of halogens is 3. The Morgan fingerprint density at radius 1 is 1.03 bits per heavy atom. The maximum absolute atomic E-state index is 13.2. The van der Waals surface area contributed by atoms with Gasteiger partial charge in [-0.2, -0.15) is 0 Å². The maximum atomic E-state index is 13.2. The summed E-state index contributed by atoms with van der Waals surface area (Å²) in [7, 11) is 0. The van der Waals surface area contributed by atoms with E-state index in [4.69, 9.17) is 39.5 Å². The van der Waals surface area contributed by atoms with Gasteiger partial charge in [-0.1, -0.05) is 66.8 Å². The van der Waals surface area contributed by atoms with Crippen molar-refractivity contribution < 1.29 is 14.3 Å². The van der Waals surface area contributed by atoms with Gasteiger partial charge in [0.2, 0.25) is 5.91 Å². The fourth-order valence-electron chi connectivity index (χ4n) is 2.98. The highest BCUT2D eigenvalue weighted by atomic mass is 35.5. The predicted molar refractivity (Wildman–Crippen MR) is 126 cm³/mol. The number of carbonyl (C=O) groups excluding carboxylic acids is 2. The molecule has 1 N–H and O–H groups in total. The third kappa shape index (κ3) is 7.30. The zero-order valence-corrected chi connectivity index (χ0v) is 20.1. The zero-order chi connectivity index (χ0) is 23.0. The summed E-state index contributed by atoms with van der Waals surface area (Å²) in [5, 5.41) is 4.29. The molecule has 168 valence electrons. The lowest BCUT2D eigenvalue weighted by atomic mass is 10.1. The Kier molecular flexibility index (Phi) is 9.94. The van der Waals surface area contributed by atoms with Gasteiger partial charge < -0.3 is 15.0 Å². The number of hydrogen-bond donors (Lipinski definition) is 1. The van der Waals surface area contributed by atoms with Crippen LogP contribution >= 0.6 is 34.8 Å². The van der Waals surface area contributed by atoms with Gasteiger partial charge in [0.25, 0.3) is 5.91 Å². The molecule has 0 aliphatic heterocycles. The van der Waals surface area contributed by atoms with E-state index in [0.29, 0.717) is 32.8 Å². The number of carbonyl (C=O) groups is 2. The first-order chi connectivity index (χ1) is 14.8. The number of nitrogens with zero attached hydrogens (tertiary/aromatic N) is 1. The molecule has 0 radical (unpaired) electrons. The molecule has 0 aromatic heterocycles. The van der Waals surface area contributed by atoms with Crippen molar-refractivity contribution in [2.24, 2.45) is 0 Å². The largest absolute Gasteiger partial charge is 0.482 e. The van der Waals surface area contributed by atoms with Crippen LogP contribution in [0, 0.1) is 0 Å². The van der Waals surface area contributed by atoms with E-state index in [1.165, 1.54) is 4.90 Å². The molecule has 8 heteroatoms. The normalized spacial score (nSPS) is 12.7. The maximum Gasteiger partial charge on any atom is 0.261 e. The van der Waals surface area contributed by atoms with Crippen molar-refractivity contribution >= 4 is 46.6 Å². The van der Waals surface area contributed by atoms with Crippen molar-refractivity contribution in [3.05, 3.63) is 63.1 Å². The molecule has 2 atom stereocenters. The number of amides is 2. The first-order valence-corrected chi connectivity index (χ1v) is 11.3. The Hall–Kier alpha value is -1.95. The Balaban J connectivity index is 2.27. The fourth-order valence-corrected chi connectivity index (χ4v) is 3.64. The minimum atomic E-state index is -0.678. The molecule has 0 aliphatic rings. The molecule has 0 bridgehead atoms. The van der Waals surface area contributed by atoms with Crippen LogP contribution in [0.5, 0.6) is 5.75 Å². The average molecular weight is 486 g/mol. The Morgan fingerprint density at radius 2 is 1.74 bits per heavy atom. The lowest BCUT2D eigenvalue weighted by molar-refractivity contribution is -0.143. The molecular weight excluding hydrogens is 459 g/mol. The SMILES string of the molecule is CC[C@@H](C)NC(=O)[C@H](CC)N(Cc1ccc(Cl)cc1Cl)C(=O)COc1ccccc1Cl. The predicted octanol–water partition coefficient (Wildman–Crippen LogP) is 5.75. The second-order valence-electron chi connectivity index (χ2n) is 7.22. The van der Waals surface area contributed by atoms with Crippen molar-refractivity contribution in [2.45, 2.75) is 52.2 Å². The van der Waals surface area contributed by atoms with Gasteiger partial charge in [0, 0.05) is 22.6 Å². The molecule has 0 saturated heterocycles. The van der Waals surface area contributed by atoms with Crippen LogP contribution in [0.15, 0.2) is 42.5 Å². The van der Waals surface area contributed by atoms with Crippen LogP contribution in [0.4, 0.5) is 0 Å². The molecule has 5 nitrogen and oxygen atoms in total. The van der Waals surface area contributed by atoms with Crippen molar-refractivity contribution in [2.75, 3.05) is 6.61 Å². The molecule has 0 saturated carbocycles. The van der Waals surface area contributed by atoms with Crippen LogP contribution < -0.4 is 10.1 Å². The van der Waals surface area contributed by atoms with E-state index in [9.17, 15) is 9.59 Å². The highest BCUT2D eigenvalue weighted by Gasteiger charge is 2.30. The number of para-hydroxylation sites is 1. The van der Waals surface area contributed by atoms with Gasteiger partial charge in [0.15, 0.2) is 6.61 Å². The van der Waals surface area contributed by atoms with E-state index in [2.05, 4.69) is 5.32 Å². The molecule has 2 aromatic carbocycles. The average Bonchev–Trinajstić information content (AvgIpc) is 2.74. The van der Waals surface area contributed by atoms with Crippen LogP contribution in [0.1, 0.15) is 39.2 Å². The minimum absolute atomic E-state index is 0.00278. The summed E-state index contributed by atoms with van der Waals surface area (Å²) >= 11 is 18.5. The summed E-state index contributed by atoms with van der Waals surface area (Å²) in [5.41, 5.74) is 0.687. The van der Waals surface area contributed by atoms with Crippen molar-refractivity contribution in [3.8, 4) is 5.75 Å². The Bertz CT molecular complexity index is 907. The topological polar surface area (TPSA) is 58.6 Å². The number of rotatable bonds is 10. The lowest BCUT2D eigenvalue weighted by Crippen LogP contribution is -2.51. The molecule has 31 heavy (non-hydrogen) atoms. The van der Waals surface area contributed by atoms with Crippen molar-refractivity contribution in [1.82, 2.24) is 10.2 Å². The summed E-state index contributed by atoms with van der Waals surface area (Å²) < 4.78 is 5.63. The van der Waals surface area contributed by atoms with Crippen LogP contribution in [0.3, 0.4) is 0 Å². The summed E-state index contributed by atoms with van der Waals surface area (Å²) in [6, 6.07) is 11.3. The van der Waals surface area contributed by atoms with E-state index in [1.54, 1.807) is 42.5 Å². The summed E-state index contributed by atoms with van der Waals surface area (Å²) in [6.07, 6.45) is 1.22. The Labute approximate surface area is 198 Å². The smallest absolute Gasteiger partial charge is 0.261 e. The summed E-state index contributed by atoms with van der Waals surface area (Å²) in [5.74, 6) is -0.163. The van der Waals surface area contributed by atoms with Crippen molar-refractivity contribution in [3.63, 3.8) is 0 Å². The second kappa shape index (κ2) is 12.2. The third-order valence-corrected chi connectivity index (χ3v) is 5.83. The molecule has 0 unspecified atom stereocenters. The van der Waals surface area contributed by atoms with E-state index < -0.39 is 6.04 Å². The summed E-state index contributed by atoms with van der Waals surface area (Å²) in [6.45, 7) is 5.65. The first-order valence-electron chi connectivity index (χ1n) is 10.2. The van der Waals surface area contributed by atoms with Gasteiger partial charge in [-0.05, 0) is 49.6 Å². The fraction of sp³-hybridized carbons (Fsp3) is 0.391. The highest BCUT2D eigenvalue weighted by Crippen LogP contribution is 2.25. The van der Waals surface area contributed by atoms with E-state index in [1.807, 2.05) is 20.8 Å². The number of ether oxygens (including phenoxy) is 1. The van der Waals surface area contributed by atoms with Gasteiger partial charge in [0.05, 0.1) is 5.02 Å². The molecule has 2 amide bonds. The van der Waals surface area contributed by atoms with Gasteiger partial charge in [0.1, 0.15) is 11.8 Å². The molecule has 0 aliphatic carbocycles. The molecule has 2 aromatic rings. The van der Waals surface area contributed by atoms with Gasteiger partial charge in [-0.25, -0.2) is 0 Å². The van der Waals surface area contributed by atoms with Crippen LogP contribution in [0.2, 0.25) is 15.1 Å². The van der Waals surface area contributed by atoms with Crippen LogP contribution in [-0.2, 0) is 16.1 Å². The van der Waals surface area contributed by atoms with E-state index >= 15 is 0 Å². The minimum Gasteiger partial charge on any atom is -0.482 e. The standard InChI is InChI=1S/C23H27Cl3N2O3/c1-4-15(3)27-23(30)20(5-2)28(13-16-10-11-17(24)12-19(16)26)22(29)14-31-21-9-7-6-8-18(21)25/h6-12,15,20H,4-5,13-14H2,1-3H3,(H,27,30)/t15-,20+/m1/s1. The Morgan fingerprint density at radius 3 is 2.35 bits per heavy atom. The van der Waals surface area contributed by atoms with Crippen molar-refractivity contribution in [1.29, 1.82) is 0 Å². The quantitative estimate of drug-likeness (QED) is 0.466. The monoisotopic (exact) mass is 484 g/mol. The van der Waals surface area contributed by atoms with Crippen LogP contribution in [-0.4, -0.2) is 35.4 Å². The number of benzene rings is 2. The number of hydrogen-bond acceptors (Lipinski definition) is 3. The molecule has 0 heterocycles. The molecule has 0 fully saturated rings. The molecule has 0 spiro atoms. The van der Waals surface area contributed by atoms with E-state index in [-0.39, 0.29) is 31.0 Å². The highest BCUT2D eigenvalue weighted by molar-refractivity contribution is 6.35. The van der Waals surface area contributed by atoms with Crippen LogP contribution in [0.25, 0.3) is 0 Å². The van der Waals surface area contributed by atoms with Gasteiger partial charge >= 0.3 is 0 Å². The first kappa shape index (κ1) is 25.3. The summed E-state index contributed by atoms with van der Waals surface area (Å²) in [4.78, 5) is 27.6.